The van der Waals surface area contributed by atoms with Gasteiger partial charge in [-0.3, -0.25) is 4.68 Å². The van der Waals surface area contributed by atoms with Gasteiger partial charge in [0.15, 0.2) is 5.75 Å². The monoisotopic (exact) mass is 292 g/mol. The number of nitrogens with zero attached hydrogens (tertiary/aromatic N) is 3. The molecule has 1 unspecified atom stereocenters. The number of hydrogen-bond donors (Lipinski definition) is 1. The molecule has 0 radical (unpaired) electrons. The topological polar surface area (TPSA) is 56.3 Å². The van der Waals surface area contributed by atoms with Crippen LogP contribution >= 0.6 is 0 Å². The van der Waals surface area contributed by atoms with E-state index in [1.807, 2.05) is 4.68 Å². The van der Waals surface area contributed by atoms with Gasteiger partial charge in [0, 0.05) is 6.54 Å². The van der Waals surface area contributed by atoms with E-state index in [1.165, 1.54) is 31.3 Å². The van der Waals surface area contributed by atoms with E-state index < -0.39 is 0 Å². The second-order valence-electron chi connectivity index (χ2n) is 6.04. The number of nitrogens with two attached hydrogens (primary N) is 1. The average Bonchev–Trinajstić information content (AvgIpc) is 2.89. The third-order valence-electron chi connectivity index (χ3n) is 4.04. The van der Waals surface area contributed by atoms with Gasteiger partial charge in [0.2, 0.25) is 0 Å². The van der Waals surface area contributed by atoms with E-state index in [1.54, 1.807) is 13.3 Å². The summed E-state index contributed by atoms with van der Waals surface area (Å²) in [5.41, 5.74) is 8.96. The highest BCUT2D eigenvalue weighted by Crippen LogP contribution is 2.30. The lowest BCUT2D eigenvalue weighted by Crippen LogP contribution is -2.23. The van der Waals surface area contributed by atoms with Crippen molar-refractivity contribution in [2.45, 2.75) is 44.7 Å². The molecule has 0 amide bonds. The van der Waals surface area contributed by atoms with Gasteiger partial charge in [-0.15, -0.1) is 0 Å². The summed E-state index contributed by atoms with van der Waals surface area (Å²) in [5, 5.41) is 4.44. The first kappa shape index (κ1) is 16.0. The van der Waals surface area contributed by atoms with E-state index in [-0.39, 0.29) is 6.04 Å². The van der Waals surface area contributed by atoms with Crippen LogP contribution in [0, 0.1) is 0 Å². The molecule has 5 heteroatoms. The molecule has 0 aliphatic heterocycles. The lowest BCUT2D eigenvalue weighted by atomic mass is 9.93. The van der Waals surface area contributed by atoms with Gasteiger partial charge in [-0.05, 0) is 46.2 Å². The standard InChI is InChI=1S/C16H28N4O/c1-19(2)9-10-20-16(15(21-3)12-18-20)14(17)11-13-7-5-4-6-8-13/h7,12,14H,4-6,8-11,17H2,1-3H3. The van der Waals surface area contributed by atoms with Gasteiger partial charge in [0.05, 0.1) is 31.6 Å². The Balaban J connectivity index is 2.11. The number of likely N-dealkylation sites (N-methyl/N-ethyl adjacent to an activating group) is 1. The maximum absolute atomic E-state index is 6.46. The zero-order valence-electron chi connectivity index (χ0n) is 13.5. The molecule has 0 bridgehead atoms. The number of hydrogen-bond acceptors (Lipinski definition) is 4. The molecule has 2 N–H and O–H groups in total. The minimum atomic E-state index is -0.0473. The predicted molar refractivity (Wildman–Crippen MR) is 85.4 cm³/mol. The Hall–Kier alpha value is -1.33. The van der Waals surface area contributed by atoms with Crippen LogP contribution < -0.4 is 10.5 Å². The molecule has 1 aliphatic rings. The van der Waals surface area contributed by atoms with Gasteiger partial charge in [-0.2, -0.15) is 5.10 Å². The zero-order valence-corrected chi connectivity index (χ0v) is 13.5. The number of aromatic nitrogens is 2. The molecular formula is C16H28N4O. The molecule has 1 heterocycles. The molecule has 118 valence electrons. The SMILES string of the molecule is COc1cnn(CCN(C)C)c1C(N)CC1=CCCCC1. The van der Waals surface area contributed by atoms with Gasteiger partial charge >= 0.3 is 0 Å². The van der Waals surface area contributed by atoms with Crippen molar-refractivity contribution in [2.24, 2.45) is 5.73 Å². The van der Waals surface area contributed by atoms with E-state index in [0.29, 0.717) is 0 Å². The van der Waals surface area contributed by atoms with Crippen molar-refractivity contribution in [3.63, 3.8) is 0 Å². The van der Waals surface area contributed by atoms with Crippen LogP contribution in [0.2, 0.25) is 0 Å². The summed E-state index contributed by atoms with van der Waals surface area (Å²) in [6.45, 7) is 1.77. The molecule has 1 aromatic heterocycles. The van der Waals surface area contributed by atoms with Crippen LogP contribution in [0.4, 0.5) is 0 Å². The van der Waals surface area contributed by atoms with Gasteiger partial charge in [0.25, 0.3) is 0 Å². The quantitative estimate of drug-likeness (QED) is 0.784. The molecule has 5 nitrogen and oxygen atoms in total. The van der Waals surface area contributed by atoms with Crippen LogP contribution in [0.1, 0.15) is 43.8 Å². The zero-order chi connectivity index (χ0) is 15.2. The summed E-state index contributed by atoms with van der Waals surface area (Å²) in [6.07, 6.45) is 10.0. The maximum atomic E-state index is 6.46. The Bertz CT molecular complexity index is 479. The number of rotatable bonds is 7. The third-order valence-corrected chi connectivity index (χ3v) is 4.04. The van der Waals surface area contributed by atoms with Crippen molar-refractivity contribution >= 4 is 0 Å². The Morgan fingerprint density at radius 3 is 2.86 bits per heavy atom. The maximum Gasteiger partial charge on any atom is 0.161 e. The Morgan fingerprint density at radius 2 is 2.24 bits per heavy atom. The van der Waals surface area contributed by atoms with Crippen molar-refractivity contribution in [3.05, 3.63) is 23.5 Å². The van der Waals surface area contributed by atoms with E-state index in [4.69, 9.17) is 10.5 Å². The summed E-state index contributed by atoms with van der Waals surface area (Å²) in [7, 11) is 5.81. The largest absolute Gasteiger partial charge is 0.493 e. The minimum Gasteiger partial charge on any atom is -0.493 e. The van der Waals surface area contributed by atoms with Crippen LogP contribution in [-0.2, 0) is 6.54 Å². The molecule has 0 fully saturated rings. The minimum absolute atomic E-state index is 0.0473. The lowest BCUT2D eigenvalue weighted by Gasteiger charge is -2.20. The second kappa shape index (κ2) is 7.61. The van der Waals surface area contributed by atoms with Crippen molar-refractivity contribution in [3.8, 4) is 5.75 Å². The van der Waals surface area contributed by atoms with Crippen molar-refractivity contribution in [1.82, 2.24) is 14.7 Å². The van der Waals surface area contributed by atoms with Gasteiger partial charge < -0.3 is 15.4 Å². The molecule has 1 atom stereocenters. The van der Waals surface area contributed by atoms with Gasteiger partial charge in [-0.1, -0.05) is 11.6 Å². The average molecular weight is 292 g/mol. The highest BCUT2D eigenvalue weighted by Gasteiger charge is 2.20. The highest BCUT2D eigenvalue weighted by molar-refractivity contribution is 5.29. The summed E-state index contributed by atoms with van der Waals surface area (Å²) in [5.74, 6) is 0.803. The van der Waals surface area contributed by atoms with E-state index >= 15 is 0 Å². The van der Waals surface area contributed by atoms with Crippen molar-refractivity contribution < 1.29 is 4.74 Å². The predicted octanol–water partition coefficient (Wildman–Crippen LogP) is 2.34. The summed E-state index contributed by atoms with van der Waals surface area (Å²) in [4.78, 5) is 2.15. The summed E-state index contributed by atoms with van der Waals surface area (Å²) in [6, 6.07) is -0.0473. The molecular weight excluding hydrogens is 264 g/mol. The van der Waals surface area contributed by atoms with Crippen molar-refractivity contribution in [2.75, 3.05) is 27.7 Å². The third kappa shape index (κ3) is 4.32. The van der Waals surface area contributed by atoms with Crippen LogP contribution in [0.25, 0.3) is 0 Å². The number of methoxy groups -OCH3 is 1. The highest BCUT2D eigenvalue weighted by atomic mass is 16.5. The molecule has 0 saturated heterocycles. The number of ether oxygens (including phenoxy) is 1. The number of allylic oxidation sites excluding steroid dienone is 1. The first-order chi connectivity index (χ1) is 10.1. The molecule has 1 aliphatic carbocycles. The van der Waals surface area contributed by atoms with Crippen LogP contribution in [0.3, 0.4) is 0 Å². The van der Waals surface area contributed by atoms with Gasteiger partial charge in [-0.25, -0.2) is 0 Å². The van der Waals surface area contributed by atoms with E-state index in [2.05, 4.69) is 30.2 Å². The summed E-state index contributed by atoms with van der Waals surface area (Å²) < 4.78 is 7.44. The molecule has 0 saturated carbocycles. The second-order valence-corrected chi connectivity index (χ2v) is 6.04. The fourth-order valence-corrected chi connectivity index (χ4v) is 2.85. The molecule has 0 spiro atoms. The van der Waals surface area contributed by atoms with Crippen LogP contribution in [0.15, 0.2) is 17.8 Å². The Kier molecular flexibility index (Phi) is 5.82. The van der Waals surface area contributed by atoms with E-state index in [0.717, 1.165) is 31.0 Å². The fraction of sp³-hybridized carbons (Fsp3) is 0.688. The van der Waals surface area contributed by atoms with E-state index in [9.17, 15) is 0 Å². The van der Waals surface area contributed by atoms with Crippen LogP contribution in [0.5, 0.6) is 5.75 Å². The fourth-order valence-electron chi connectivity index (χ4n) is 2.85. The smallest absolute Gasteiger partial charge is 0.161 e. The molecule has 1 aromatic rings. The Labute approximate surface area is 127 Å². The molecule has 21 heavy (non-hydrogen) atoms. The molecule has 0 aromatic carbocycles. The summed E-state index contributed by atoms with van der Waals surface area (Å²) >= 11 is 0. The van der Waals surface area contributed by atoms with Crippen LogP contribution in [-0.4, -0.2) is 42.4 Å². The Morgan fingerprint density at radius 1 is 1.43 bits per heavy atom. The van der Waals surface area contributed by atoms with Crippen molar-refractivity contribution in [1.29, 1.82) is 0 Å². The first-order valence-corrected chi connectivity index (χ1v) is 7.79. The lowest BCUT2D eigenvalue weighted by molar-refractivity contribution is 0.360. The van der Waals surface area contributed by atoms with Gasteiger partial charge in [0.1, 0.15) is 0 Å². The molecule has 2 rings (SSSR count). The normalized spacial score (nSPS) is 16.9. The first-order valence-electron chi connectivity index (χ1n) is 7.79.